The molecule has 0 unspecified atom stereocenters. The lowest BCUT2D eigenvalue weighted by molar-refractivity contribution is -0.134. The van der Waals surface area contributed by atoms with Gasteiger partial charge in [-0.05, 0) is 40.1 Å². The number of aromatic nitrogens is 3. The second-order valence-corrected chi connectivity index (χ2v) is 9.57. The number of nitrogens with two attached hydrogens (primary N) is 1. The number of aromatic amines is 1. The Balaban J connectivity index is 0.000000680. The van der Waals surface area contributed by atoms with Gasteiger partial charge < -0.3 is 29.9 Å². The summed E-state index contributed by atoms with van der Waals surface area (Å²) >= 11 is 0. The molecule has 0 bridgehead atoms. The highest BCUT2D eigenvalue weighted by Gasteiger charge is 2.21. The summed E-state index contributed by atoms with van der Waals surface area (Å²) < 4.78 is 13.4. The van der Waals surface area contributed by atoms with Gasteiger partial charge in [0.15, 0.2) is 11.5 Å². The van der Waals surface area contributed by atoms with Crippen molar-refractivity contribution in [3.05, 3.63) is 100 Å². The van der Waals surface area contributed by atoms with E-state index < -0.39 is 5.97 Å². The summed E-state index contributed by atoms with van der Waals surface area (Å²) in [5.41, 5.74) is 11.3. The van der Waals surface area contributed by atoms with Gasteiger partial charge in [0, 0.05) is 43.2 Å². The molecule has 2 aromatic heterocycles. The van der Waals surface area contributed by atoms with E-state index in [2.05, 4.69) is 21.7 Å². The summed E-state index contributed by atoms with van der Waals surface area (Å²) in [7, 11) is 0. The average molecular weight is 535 g/mol. The number of H-pyrrole nitrogens is 1. The Bertz CT molecular complexity index is 1970. The number of nitrogens with one attached hydrogen (secondary N) is 1. The van der Waals surface area contributed by atoms with Crippen molar-refractivity contribution in [1.29, 1.82) is 0 Å². The number of ether oxygens (including phenoxy) is 2. The van der Waals surface area contributed by atoms with Crippen molar-refractivity contribution in [2.75, 3.05) is 6.79 Å². The number of nitrogens with zero attached hydrogens (tertiary/aromatic N) is 2. The molecule has 3 heterocycles. The van der Waals surface area contributed by atoms with E-state index in [-0.39, 0.29) is 12.4 Å². The summed E-state index contributed by atoms with van der Waals surface area (Å²) in [6, 6.07) is 24.1. The van der Waals surface area contributed by atoms with Gasteiger partial charge in [-0.15, -0.1) is 0 Å². The highest BCUT2D eigenvalue weighted by Crippen LogP contribution is 2.40. The number of rotatable bonds is 4. The SMILES string of the molecule is CC(=O)O.NCc1cccc(Cn2cc(-c3nc4cc5ccccc5cc4[nH]c3=O)c3cc4c(cc32)OCO4)c1. The molecule has 1 aliphatic rings. The van der Waals surface area contributed by atoms with Crippen molar-refractivity contribution < 1.29 is 19.4 Å². The maximum Gasteiger partial charge on any atom is 0.300 e. The zero-order valence-corrected chi connectivity index (χ0v) is 21.7. The first-order valence-corrected chi connectivity index (χ1v) is 12.7. The fraction of sp³-hybridized carbons (Fsp3) is 0.129. The number of hydrogen-bond donors (Lipinski definition) is 3. The van der Waals surface area contributed by atoms with E-state index in [0.29, 0.717) is 35.8 Å². The minimum atomic E-state index is -0.833. The number of benzene rings is 4. The van der Waals surface area contributed by atoms with Crippen LogP contribution in [0.1, 0.15) is 18.1 Å². The summed E-state index contributed by atoms with van der Waals surface area (Å²) in [5.74, 6) is 0.519. The molecule has 0 fully saturated rings. The third-order valence-corrected chi connectivity index (χ3v) is 6.77. The highest BCUT2D eigenvalue weighted by atomic mass is 16.7. The molecule has 0 saturated heterocycles. The van der Waals surface area contributed by atoms with Crippen LogP contribution in [-0.2, 0) is 17.9 Å². The molecular weight excluding hydrogens is 508 g/mol. The average Bonchev–Trinajstić information content (AvgIpc) is 3.54. The molecule has 0 atom stereocenters. The van der Waals surface area contributed by atoms with Gasteiger partial charge in [-0.3, -0.25) is 9.59 Å². The number of fused-ring (bicyclic) bond motifs is 4. The van der Waals surface area contributed by atoms with Crippen molar-refractivity contribution in [1.82, 2.24) is 14.5 Å². The Labute approximate surface area is 228 Å². The second-order valence-electron chi connectivity index (χ2n) is 9.57. The molecule has 7 rings (SSSR count). The molecule has 4 aromatic carbocycles. The number of carboxylic acids is 1. The van der Waals surface area contributed by atoms with Gasteiger partial charge in [0.25, 0.3) is 11.5 Å². The Kier molecular flexibility index (Phi) is 6.41. The fourth-order valence-electron chi connectivity index (χ4n) is 5.01. The molecule has 0 amide bonds. The lowest BCUT2D eigenvalue weighted by Gasteiger charge is -2.08. The van der Waals surface area contributed by atoms with Crippen LogP contribution in [0.5, 0.6) is 11.5 Å². The number of carboxylic acid groups (broad SMARTS) is 1. The minimum Gasteiger partial charge on any atom is -0.481 e. The van der Waals surface area contributed by atoms with Crippen LogP contribution >= 0.6 is 0 Å². The van der Waals surface area contributed by atoms with E-state index in [1.54, 1.807) is 0 Å². The third-order valence-electron chi connectivity index (χ3n) is 6.77. The van der Waals surface area contributed by atoms with E-state index in [0.717, 1.165) is 50.8 Å². The standard InChI is InChI=1S/C29H22N4O3.C2H4O2/c30-13-17-4-3-5-18(8-17)14-33-15-22(21-11-26-27(12-25(21)33)36-16-35-26)28-29(34)32-24-10-20-7-2-1-6-19(20)9-23(24)31-28;1-2(3)4/h1-12,15H,13-14,16,30H2,(H,32,34);1H3,(H,3,4). The molecule has 9 heteroatoms. The van der Waals surface area contributed by atoms with Gasteiger partial charge in [-0.2, -0.15) is 0 Å². The summed E-state index contributed by atoms with van der Waals surface area (Å²) in [6.07, 6.45) is 1.99. The molecular formula is C31H26N4O5. The van der Waals surface area contributed by atoms with Gasteiger partial charge in [0.2, 0.25) is 6.79 Å². The quantitative estimate of drug-likeness (QED) is 0.270. The van der Waals surface area contributed by atoms with Gasteiger partial charge in [0.05, 0.1) is 16.6 Å². The Morgan fingerprint density at radius 2 is 1.70 bits per heavy atom. The first kappa shape index (κ1) is 25.1. The molecule has 200 valence electrons. The normalized spacial score (nSPS) is 12.1. The van der Waals surface area contributed by atoms with Crippen LogP contribution in [0.15, 0.2) is 83.8 Å². The number of hydrogen-bond acceptors (Lipinski definition) is 6. The van der Waals surface area contributed by atoms with Crippen molar-refractivity contribution in [2.45, 2.75) is 20.0 Å². The smallest absolute Gasteiger partial charge is 0.300 e. The van der Waals surface area contributed by atoms with Crippen molar-refractivity contribution in [3.8, 4) is 22.8 Å². The van der Waals surface area contributed by atoms with Crippen LogP contribution in [-0.4, -0.2) is 32.4 Å². The summed E-state index contributed by atoms with van der Waals surface area (Å²) in [6.45, 7) is 2.35. The van der Waals surface area contributed by atoms with Crippen LogP contribution in [0.25, 0.3) is 44.0 Å². The number of carbonyl (C=O) groups is 1. The van der Waals surface area contributed by atoms with Crippen LogP contribution in [0, 0.1) is 0 Å². The molecule has 0 saturated carbocycles. The largest absolute Gasteiger partial charge is 0.481 e. The molecule has 9 nitrogen and oxygen atoms in total. The van der Waals surface area contributed by atoms with E-state index in [1.165, 1.54) is 0 Å². The van der Waals surface area contributed by atoms with Crippen LogP contribution in [0.3, 0.4) is 0 Å². The van der Waals surface area contributed by atoms with E-state index in [9.17, 15) is 4.79 Å². The molecule has 6 aromatic rings. The van der Waals surface area contributed by atoms with Gasteiger partial charge in [0.1, 0.15) is 5.69 Å². The highest BCUT2D eigenvalue weighted by molar-refractivity contribution is 5.99. The zero-order valence-electron chi connectivity index (χ0n) is 21.7. The molecule has 0 spiro atoms. The molecule has 0 aliphatic carbocycles. The van der Waals surface area contributed by atoms with Crippen molar-refractivity contribution in [3.63, 3.8) is 0 Å². The van der Waals surface area contributed by atoms with Crippen LogP contribution in [0.4, 0.5) is 0 Å². The summed E-state index contributed by atoms with van der Waals surface area (Å²) in [5, 5.41) is 10.4. The number of aliphatic carboxylic acids is 1. The van der Waals surface area contributed by atoms with E-state index in [1.807, 2.05) is 66.9 Å². The van der Waals surface area contributed by atoms with Gasteiger partial charge >= 0.3 is 0 Å². The fourth-order valence-corrected chi connectivity index (χ4v) is 5.01. The Hall–Kier alpha value is -5.15. The Morgan fingerprint density at radius 1 is 1.00 bits per heavy atom. The lowest BCUT2D eigenvalue weighted by Crippen LogP contribution is -2.11. The molecule has 1 aliphatic heterocycles. The minimum absolute atomic E-state index is 0.178. The monoisotopic (exact) mass is 534 g/mol. The Morgan fingerprint density at radius 3 is 2.45 bits per heavy atom. The lowest BCUT2D eigenvalue weighted by atomic mass is 10.1. The summed E-state index contributed by atoms with van der Waals surface area (Å²) in [4.78, 5) is 30.2. The first-order valence-electron chi connectivity index (χ1n) is 12.7. The second kappa shape index (κ2) is 10.2. The van der Waals surface area contributed by atoms with E-state index >= 15 is 0 Å². The first-order chi connectivity index (χ1) is 19.4. The van der Waals surface area contributed by atoms with Gasteiger partial charge in [-0.25, -0.2) is 4.98 Å². The third kappa shape index (κ3) is 4.74. The topological polar surface area (TPSA) is 132 Å². The zero-order chi connectivity index (χ0) is 27.8. The molecule has 0 radical (unpaired) electrons. The predicted octanol–water partition coefficient (Wildman–Crippen LogP) is 5.02. The van der Waals surface area contributed by atoms with Gasteiger partial charge in [-0.1, -0.05) is 48.5 Å². The maximum atomic E-state index is 13.3. The van der Waals surface area contributed by atoms with E-state index in [4.69, 9.17) is 30.1 Å². The van der Waals surface area contributed by atoms with Crippen LogP contribution < -0.4 is 20.8 Å². The van der Waals surface area contributed by atoms with Crippen molar-refractivity contribution in [2.24, 2.45) is 5.73 Å². The maximum absolute atomic E-state index is 13.3. The molecule has 4 N–H and O–H groups in total. The predicted molar refractivity (Wildman–Crippen MR) is 154 cm³/mol. The van der Waals surface area contributed by atoms with Crippen LogP contribution in [0.2, 0.25) is 0 Å². The van der Waals surface area contributed by atoms with Crippen molar-refractivity contribution >= 4 is 38.7 Å². The molecule has 40 heavy (non-hydrogen) atoms.